The molecule has 0 spiro atoms. The molecule has 5 aromatic heterocycles. The molecule has 5 heterocycles. The van der Waals surface area contributed by atoms with Crippen LogP contribution in [0.2, 0.25) is 5.02 Å². The summed E-state index contributed by atoms with van der Waals surface area (Å²) < 4.78 is 41.3. The Morgan fingerprint density at radius 1 is 1.10 bits per heavy atom. The highest BCUT2D eigenvalue weighted by Crippen LogP contribution is 2.27. The summed E-state index contributed by atoms with van der Waals surface area (Å²) in [5.41, 5.74) is 1.55. The van der Waals surface area contributed by atoms with E-state index in [9.17, 15) is 22.8 Å². The zero-order valence-corrected chi connectivity index (χ0v) is 21.6. The van der Waals surface area contributed by atoms with Crippen LogP contribution in [0.4, 0.5) is 18.9 Å². The Balaban J connectivity index is 1.57. The molecule has 2 N–H and O–H groups in total. The van der Waals surface area contributed by atoms with Crippen molar-refractivity contribution >= 4 is 34.6 Å². The minimum absolute atomic E-state index is 0.0754. The van der Waals surface area contributed by atoms with E-state index < -0.39 is 23.8 Å². The molecule has 5 rings (SSSR count). The molecule has 13 nitrogen and oxygen atoms in total. The molecule has 0 aliphatic heterocycles. The minimum Gasteiger partial charge on any atom is -0.351 e. The molecule has 0 aliphatic carbocycles. The van der Waals surface area contributed by atoms with Gasteiger partial charge in [0.25, 0.3) is 17.6 Å². The molecule has 17 heteroatoms. The van der Waals surface area contributed by atoms with Crippen LogP contribution in [0.15, 0.2) is 42.7 Å². The average Bonchev–Trinajstić information content (AvgIpc) is 3.65. The Kier molecular flexibility index (Phi) is 6.93. The summed E-state index contributed by atoms with van der Waals surface area (Å²) in [4.78, 5) is 31.5. The van der Waals surface area contributed by atoms with Gasteiger partial charge < -0.3 is 10.6 Å². The fraction of sp³-hybridized carbons (Fsp3) is 0.217. The maximum Gasteiger partial charge on any atom is 0.455 e. The number of amides is 2. The molecule has 0 saturated heterocycles. The lowest BCUT2D eigenvalue weighted by Crippen LogP contribution is -2.28. The number of tetrazole rings is 1. The summed E-state index contributed by atoms with van der Waals surface area (Å²) in [6, 6.07) is 7.90. The molecule has 0 radical (unpaired) electrons. The van der Waals surface area contributed by atoms with Crippen molar-refractivity contribution in [2.45, 2.75) is 26.6 Å². The van der Waals surface area contributed by atoms with Gasteiger partial charge in [-0.1, -0.05) is 11.6 Å². The molecule has 5 aromatic rings. The van der Waals surface area contributed by atoms with Gasteiger partial charge in [0.1, 0.15) is 12.2 Å². The molecule has 0 bridgehead atoms. The Hall–Kier alpha value is -4.86. The van der Waals surface area contributed by atoms with E-state index in [4.69, 9.17) is 11.6 Å². The summed E-state index contributed by atoms with van der Waals surface area (Å²) in [6.45, 7) is 3.47. The molecule has 2 amide bonds. The highest BCUT2D eigenvalue weighted by atomic mass is 35.5. The molecule has 0 aromatic carbocycles. The van der Waals surface area contributed by atoms with Crippen LogP contribution in [-0.2, 0) is 12.7 Å². The number of carbonyl (C=O) groups is 2. The van der Waals surface area contributed by atoms with E-state index >= 15 is 0 Å². The normalized spacial score (nSPS) is 11.7. The molecular weight excluding hydrogens is 555 g/mol. The molecule has 0 saturated carbocycles. The number of anilines is 1. The standard InChI is InChI=1S/C23H19ClF3N11O2/c1-3-28-21(40)18-17(12(2)9-14-6-8-30-37(14)18)31-20(39)16-10-13(11-36-34-22(32-35-36)23(25,26)27)33-38(16)19-15(24)5-4-7-29-19/h4-10H,3,11H2,1-2H3,(H,28,40)(H,31,39). The Labute approximate surface area is 227 Å². The number of halogens is 4. The number of alkyl halides is 3. The van der Waals surface area contributed by atoms with Crippen LogP contribution in [-0.4, -0.2) is 62.9 Å². The number of hydrogen-bond acceptors (Lipinski definition) is 8. The summed E-state index contributed by atoms with van der Waals surface area (Å²) in [5.74, 6) is -2.50. The molecular formula is C23H19ClF3N11O2. The van der Waals surface area contributed by atoms with E-state index in [2.05, 4.69) is 41.2 Å². The monoisotopic (exact) mass is 573 g/mol. The van der Waals surface area contributed by atoms with E-state index in [-0.39, 0.29) is 40.2 Å². The van der Waals surface area contributed by atoms with Crippen LogP contribution in [0.1, 0.15) is 45.0 Å². The van der Waals surface area contributed by atoms with Gasteiger partial charge >= 0.3 is 6.18 Å². The van der Waals surface area contributed by atoms with Crippen LogP contribution < -0.4 is 10.6 Å². The SMILES string of the molecule is CCNC(=O)c1c(NC(=O)c2cc(Cn3nnc(C(F)(F)F)n3)nn2-c2ncccc2Cl)c(C)cc2ccnn12. The zero-order valence-electron chi connectivity index (χ0n) is 20.8. The lowest BCUT2D eigenvalue weighted by molar-refractivity contribution is -0.145. The van der Waals surface area contributed by atoms with Crippen LogP contribution in [0.3, 0.4) is 0 Å². The summed E-state index contributed by atoms with van der Waals surface area (Å²) in [6.07, 6.45) is -1.82. The number of rotatable bonds is 7. The van der Waals surface area contributed by atoms with E-state index in [1.165, 1.54) is 29.0 Å². The maximum absolute atomic E-state index is 13.7. The lowest BCUT2D eigenvalue weighted by Gasteiger charge is -2.16. The second-order valence-corrected chi connectivity index (χ2v) is 8.82. The van der Waals surface area contributed by atoms with E-state index in [1.54, 1.807) is 32.0 Å². The fourth-order valence-electron chi connectivity index (χ4n) is 3.92. The number of pyridine rings is 2. The topological polar surface area (TPSA) is 150 Å². The molecule has 206 valence electrons. The van der Waals surface area contributed by atoms with Crippen molar-refractivity contribution in [2.24, 2.45) is 0 Å². The van der Waals surface area contributed by atoms with Crippen molar-refractivity contribution in [3.8, 4) is 5.82 Å². The number of nitrogens with zero attached hydrogens (tertiary/aromatic N) is 9. The predicted molar refractivity (Wildman–Crippen MR) is 134 cm³/mol. The van der Waals surface area contributed by atoms with Crippen molar-refractivity contribution in [3.63, 3.8) is 0 Å². The van der Waals surface area contributed by atoms with Gasteiger partial charge in [-0.15, -0.1) is 10.2 Å². The molecule has 0 unspecified atom stereocenters. The number of aromatic nitrogens is 9. The lowest BCUT2D eigenvalue weighted by atomic mass is 10.1. The molecule has 0 aliphatic rings. The quantitative estimate of drug-likeness (QED) is 0.302. The van der Waals surface area contributed by atoms with Gasteiger partial charge in [-0.2, -0.15) is 28.2 Å². The van der Waals surface area contributed by atoms with Crippen molar-refractivity contribution in [1.29, 1.82) is 0 Å². The Morgan fingerprint density at radius 3 is 2.60 bits per heavy atom. The van der Waals surface area contributed by atoms with Crippen molar-refractivity contribution in [2.75, 3.05) is 11.9 Å². The van der Waals surface area contributed by atoms with Crippen LogP contribution in [0, 0.1) is 6.92 Å². The van der Waals surface area contributed by atoms with Crippen molar-refractivity contribution < 1.29 is 22.8 Å². The van der Waals surface area contributed by atoms with Crippen molar-refractivity contribution in [1.82, 2.24) is 49.9 Å². The fourth-order valence-corrected chi connectivity index (χ4v) is 4.12. The Morgan fingerprint density at radius 2 is 1.90 bits per heavy atom. The van der Waals surface area contributed by atoms with E-state index in [1.807, 2.05) is 0 Å². The third kappa shape index (κ3) is 5.07. The zero-order chi connectivity index (χ0) is 28.6. The second kappa shape index (κ2) is 10.4. The van der Waals surface area contributed by atoms with Gasteiger partial charge in [0.05, 0.1) is 28.1 Å². The highest BCUT2D eigenvalue weighted by Gasteiger charge is 2.37. The Bertz CT molecular complexity index is 1740. The van der Waals surface area contributed by atoms with Gasteiger partial charge in [-0.3, -0.25) is 9.59 Å². The number of hydrogen-bond donors (Lipinski definition) is 2. The van der Waals surface area contributed by atoms with Crippen molar-refractivity contribution in [3.05, 3.63) is 76.2 Å². The number of nitrogens with one attached hydrogen (secondary N) is 2. The highest BCUT2D eigenvalue weighted by molar-refractivity contribution is 6.32. The smallest absolute Gasteiger partial charge is 0.351 e. The number of carbonyl (C=O) groups excluding carboxylic acids is 2. The molecule has 40 heavy (non-hydrogen) atoms. The third-order valence-corrected chi connectivity index (χ3v) is 5.91. The van der Waals surface area contributed by atoms with Gasteiger partial charge in [0.15, 0.2) is 11.5 Å². The first-order valence-corrected chi connectivity index (χ1v) is 12.1. The first-order valence-electron chi connectivity index (χ1n) is 11.7. The number of aryl methyl sites for hydroxylation is 1. The van der Waals surface area contributed by atoms with Crippen LogP contribution in [0.25, 0.3) is 11.3 Å². The first kappa shape index (κ1) is 26.7. The summed E-state index contributed by atoms with van der Waals surface area (Å²) >= 11 is 6.31. The summed E-state index contributed by atoms with van der Waals surface area (Å²) in [7, 11) is 0. The van der Waals surface area contributed by atoms with Crippen LogP contribution >= 0.6 is 11.6 Å². The van der Waals surface area contributed by atoms with Gasteiger partial charge in [-0.25, -0.2) is 14.2 Å². The van der Waals surface area contributed by atoms with Gasteiger partial charge in [0, 0.05) is 12.7 Å². The van der Waals surface area contributed by atoms with Crippen LogP contribution in [0.5, 0.6) is 0 Å². The second-order valence-electron chi connectivity index (χ2n) is 8.42. The first-order chi connectivity index (χ1) is 19.1. The van der Waals surface area contributed by atoms with E-state index in [0.29, 0.717) is 22.4 Å². The molecule has 0 atom stereocenters. The van der Waals surface area contributed by atoms with Gasteiger partial charge in [-0.05, 0) is 55.0 Å². The average molecular weight is 574 g/mol. The largest absolute Gasteiger partial charge is 0.455 e. The minimum atomic E-state index is -4.78. The summed E-state index contributed by atoms with van der Waals surface area (Å²) in [5, 5.41) is 23.9. The maximum atomic E-state index is 13.7. The molecule has 0 fully saturated rings. The van der Waals surface area contributed by atoms with E-state index in [0.717, 1.165) is 4.68 Å². The van der Waals surface area contributed by atoms with Gasteiger partial charge in [0.2, 0.25) is 0 Å². The third-order valence-electron chi connectivity index (χ3n) is 5.61. The predicted octanol–water partition coefficient (Wildman–Crippen LogP) is 2.93. The number of fused-ring (bicyclic) bond motifs is 1.